The third-order valence-corrected chi connectivity index (χ3v) is 5.25. The second kappa shape index (κ2) is 6.98. The van der Waals surface area contributed by atoms with E-state index in [0.717, 1.165) is 12.1 Å². The Bertz CT molecular complexity index is 693. The van der Waals surface area contributed by atoms with E-state index in [1.807, 2.05) is 0 Å². The van der Waals surface area contributed by atoms with Crippen LogP contribution in [0.5, 0.6) is 0 Å². The van der Waals surface area contributed by atoms with Gasteiger partial charge in [-0.1, -0.05) is 25.7 Å². The van der Waals surface area contributed by atoms with E-state index < -0.39 is 19.8 Å². The molecule has 132 valence electrons. The number of nitrogens with zero attached hydrogens (tertiary/aromatic N) is 2. The summed E-state index contributed by atoms with van der Waals surface area (Å²) < 4.78 is 45.4. The fraction of sp³-hybridized carbons (Fsp3) is 0.438. The quantitative estimate of drug-likeness (QED) is 0.472. The van der Waals surface area contributed by atoms with Crippen molar-refractivity contribution in [3.05, 3.63) is 36.2 Å². The summed E-state index contributed by atoms with van der Waals surface area (Å²) in [4.78, 5) is 0. The van der Waals surface area contributed by atoms with E-state index in [0.29, 0.717) is 24.5 Å². The van der Waals surface area contributed by atoms with Gasteiger partial charge in [-0.05, 0) is 23.7 Å². The summed E-state index contributed by atoms with van der Waals surface area (Å²) in [5.74, 6) is 0. The number of hydrogen-bond acceptors (Lipinski definition) is 3. The monoisotopic (exact) mass is 357 g/mol. The van der Waals surface area contributed by atoms with E-state index in [-0.39, 0.29) is 5.69 Å². The van der Waals surface area contributed by atoms with Crippen LogP contribution in [0.25, 0.3) is 11.1 Å². The summed E-state index contributed by atoms with van der Waals surface area (Å²) in [6.07, 6.45) is -1.13. The van der Waals surface area contributed by atoms with Gasteiger partial charge in [0.25, 0.3) is 0 Å². The molecule has 2 N–H and O–H groups in total. The molecule has 0 amide bonds. The van der Waals surface area contributed by atoms with Crippen LogP contribution in [-0.4, -0.2) is 24.5 Å². The molecule has 0 spiro atoms. The van der Waals surface area contributed by atoms with E-state index in [4.69, 9.17) is 10.5 Å². The molecule has 0 aliphatic heterocycles. The Balaban J connectivity index is 2.02. The van der Waals surface area contributed by atoms with Crippen LogP contribution in [0.4, 0.5) is 18.9 Å². The maximum atomic E-state index is 12.7. The molecule has 0 radical (unpaired) electrons. The molecule has 1 aromatic heterocycles. The Kier molecular flexibility index (Phi) is 5.39. The fourth-order valence-electron chi connectivity index (χ4n) is 2.12. The average molecular weight is 357 g/mol. The van der Waals surface area contributed by atoms with Gasteiger partial charge in [-0.25, -0.2) is 4.68 Å². The minimum absolute atomic E-state index is 0.292. The zero-order chi connectivity index (χ0) is 18.0. The summed E-state index contributed by atoms with van der Waals surface area (Å²) in [7, 11) is -1.13. The minimum Gasteiger partial charge on any atom is -0.398 e. The molecule has 1 aromatic carbocycles. The Morgan fingerprint density at radius 2 is 1.92 bits per heavy atom. The summed E-state index contributed by atoms with van der Waals surface area (Å²) >= 11 is 0. The third kappa shape index (κ3) is 5.10. The van der Waals surface area contributed by atoms with Crippen LogP contribution in [0, 0.1) is 0 Å². The van der Waals surface area contributed by atoms with Gasteiger partial charge in [0.15, 0.2) is 0 Å². The summed E-state index contributed by atoms with van der Waals surface area (Å²) in [5, 5.41) is 4.17. The number of nitrogen functional groups attached to an aromatic ring is 1. The average Bonchev–Trinajstić information content (AvgIpc) is 2.90. The standard InChI is InChI=1S/C16H22F3N3OSi/c1-24(2,3)7-6-23-11-22-10-13(9-21-22)12-4-5-14(15(20)8-12)16(17,18)19/h4-5,8-10H,6-7,11,20H2,1-3H3. The maximum absolute atomic E-state index is 12.7. The molecule has 2 rings (SSSR count). The number of hydrogen-bond donors (Lipinski definition) is 1. The highest BCUT2D eigenvalue weighted by atomic mass is 28.3. The first-order valence-electron chi connectivity index (χ1n) is 7.63. The lowest BCUT2D eigenvalue weighted by molar-refractivity contribution is -0.136. The molecule has 0 fully saturated rings. The van der Waals surface area contributed by atoms with Gasteiger partial charge in [-0.15, -0.1) is 0 Å². The van der Waals surface area contributed by atoms with Crippen LogP contribution in [0.1, 0.15) is 5.56 Å². The Hall–Kier alpha value is -1.80. The topological polar surface area (TPSA) is 53.1 Å². The molecule has 2 aromatic rings. The van der Waals surface area contributed by atoms with Crippen molar-refractivity contribution < 1.29 is 17.9 Å². The molecule has 1 heterocycles. The zero-order valence-electron chi connectivity index (χ0n) is 14.0. The summed E-state index contributed by atoms with van der Waals surface area (Å²) in [6.45, 7) is 7.82. The number of rotatable bonds is 6. The first-order chi connectivity index (χ1) is 11.1. The van der Waals surface area contributed by atoms with Crippen molar-refractivity contribution in [1.82, 2.24) is 9.78 Å². The van der Waals surface area contributed by atoms with Gasteiger partial charge < -0.3 is 10.5 Å². The van der Waals surface area contributed by atoms with Gasteiger partial charge in [0.1, 0.15) is 6.73 Å². The minimum atomic E-state index is -4.45. The SMILES string of the molecule is C[Si](C)(C)CCOCn1cc(-c2ccc(C(F)(F)F)c(N)c2)cn1. The van der Waals surface area contributed by atoms with Crippen molar-refractivity contribution in [3.63, 3.8) is 0 Å². The number of halogens is 3. The van der Waals surface area contributed by atoms with Crippen LogP contribution in [0.15, 0.2) is 30.6 Å². The molecule has 0 saturated heterocycles. The number of nitrogens with two attached hydrogens (primary N) is 1. The molecule has 0 bridgehead atoms. The van der Waals surface area contributed by atoms with Crippen LogP contribution in [0.2, 0.25) is 25.7 Å². The second-order valence-corrected chi connectivity index (χ2v) is 12.5. The number of ether oxygens (including phenoxy) is 1. The lowest BCUT2D eigenvalue weighted by Gasteiger charge is -2.15. The van der Waals surface area contributed by atoms with Gasteiger partial charge in [-0.2, -0.15) is 18.3 Å². The van der Waals surface area contributed by atoms with E-state index >= 15 is 0 Å². The smallest absolute Gasteiger partial charge is 0.398 e. The van der Waals surface area contributed by atoms with Gasteiger partial charge in [0, 0.05) is 32.1 Å². The van der Waals surface area contributed by atoms with Crippen molar-refractivity contribution >= 4 is 13.8 Å². The summed E-state index contributed by atoms with van der Waals surface area (Å²) in [5.41, 5.74) is 5.69. The van der Waals surface area contributed by atoms with Crippen LogP contribution in [0.3, 0.4) is 0 Å². The molecule has 8 heteroatoms. The Morgan fingerprint density at radius 3 is 2.50 bits per heavy atom. The molecular formula is C16H22F3N3OSi. The zero-order valence-corrected chi connectivity index (χ0v) is 15.0. The van der Waals surface area contributed by atoms with Gasteiger partial charge in [-0.3, -0.25) is 0 Å². The van der Waals surface area contributed by atoms with Crippen LogP contribution < -0.4 is 5.73 Å². The molecule has 4 nitrogen and oxygen atoms in total. The van der Waals surface area contributed by atoms with Crippen molar-refractivity contribution in [2.75, 3.05) is 12.3 Å². The maximum Gasteiger partial charge on any atom is 0.418 e. The molecule has 0 aliphatic carbocycles. The molecule has 0 saturated carbocycles. The lowest BCUT2D eigenvalue weighted by atomic mass is 10.1. The molecule has 24 heavy (non-hydrogen) atoms. The first-order valence-corrected chi connectivity index (χ1v) is 11.3. The van der Waals surface area contributed by atoms with Crippen molar-refractivity contribution in [1.29, 1.82) is 0 Å². The van der Waals surface area contributed by atoms with Crippen LogP contribution in [-0.2, 0) is 17.6 Å². The van der Waals surface area contributed by atoms with Gasteiger partial charge >= 0.3 is 6.18 Å². The molecule has 0 aliphatic rings. The number of alkyl halides is 3. The normalized spacial score (nSPS) is 12.6. The lowest BCUT2D eigenvalue weighted by Crippen LogP contribution is -2.22. The van der Waals surface area contributed by atoms with Gasteiger partial charge in [0.05, 0.1) is 11.8 Å². The first kappa shape index (κ1) is 18.5. The molecular weight excluding hydrogens is 335 g/mol. The number of aromatic nitrogens is 2. The van der Waals surface area contributed by atoms with E-state index in [9.17, 15) is 13.2 Å². The number of benzene rings is 1. The van der Waals surface area contributed by atoms with Crippen molar-refractivity contribution in [2.24, 2.45) is 0 Å². The number of anilines is 1. The summed E-state index contributed by atoms with van der Waals surface area (Å²) in [6, 6.07) is 4.77. The highest BCUT2D eigenvalue weighted by Gasteiger charge is 2.32. The predicted molar refractivity (Wildman–Crippen MR) is 91.2 cm³/mol. The van der Waals surface area contributed by atoms with Crippen molar-refractivity contribution in [2.45, 2.75) is 38.6 Å². The van der Waals surface area contributed by atoms with E-state index in [1.54, 1.807) is 17.1 Å². The van der Waals surface area contributed by atoms with E-state index in [1.165, 1.54) is 12.1 Å². The highest BCUT2D eigenvalue weighted by Crippen LogP contribution is 2.35. The fourth-order valence-corrected chi connectivity index (χ4v) is 2.88. The van der Waals surface area contributed by atoms with Crippen LogP contribution >= 0.6 is 0 Å². The van der Waals surface area contributed by atoms with E-state index in [2.05, 4.69) is 24.7 Å². The van der Waals surface area contributed by atoms with Crippen molar-refractivity contribution in [3.8, 4) is 11.1 Å². The Labute approximate surface area is 140 Å². The van der Waals surface area contributed by atoms with Gasteiger partial charge in [0.2, 0.25) is 0 Å². The predicted octanol–water partition coefficient (Wildman–Crippen LogP) is 4.46. The molecule has 0 atom stereocenters. The Morgan fingerprint density at radius 1 is 1.21 bits per heavy atom. The molecule has 0 unspecified atom stereocenters. The largest absolute Gasteiger partial charge is 0.418 e. The second-order valence-electron chi connectivity index (χ2n) is 6.92. The highest BCUT2D eigenvalue weighted by molar-refractivity contribution is 6.76. The third-order valence-electron chi connectivity index (χ3n) is 3.54.